The number of amides is 1. The number of hydrogen-bond donors (Lipinski definition) is 1. The van der Waals surface area contributed by atoms with Gasteiger partial charge in [0, 0.05) is 11.3 Å². The normalized spacial score (nSPS) is 11.3. The standard InChI is InChI=1S/C25H20ClF3N4O3S/c1-35-18-9-7-17(8-10-18)33-23(15-4-3-5-19(12-15)36-2)31-32-24(33)37-14-22(34)30-21-13-16(25(27,28)29)6-11-20(21)26/h3-13H,14H2,1-2H3,(H,30,34). The Balaban J connectivity index is 1.61. The third-order valence-electron chi connectivity index (χ3n) is 5.19. The molecule has 7 nitrogen and oxygen atoms in total. The fourth-order valence-corrected chi connectivity index (χ4v) is 4.31. The molecule has 1 aromatic heterocycles. The molecule has 0 spiro atoms. The van der Waals surface area contributed by atoms with Crippen molar-refractivity contribution in [1.82, 2.24) is 14.8 Å². The van der Waals surface area contributed by atoms with Crippen LogP contribution < -0.4 is 14.8 Å². The molecule has 4 rings (SSSR count). The molecule has 0 saturated heterocycles. The zero-order valence-corrected chi connectivity index (χ0v) is 21.1. The number of benzene rings is 3. The van der Waals surface area contributed by atoms with Gasteiger partial charge in [-0.1, -0.05) is 35.5 Å². The molecule has 0 saturated carbocycles. The highest BCUT2D eigenvalue weighted by molar-refractivity contribution is 7.99. The Morgan fingerprint density at radius 1 is 1.00 bits per heavy atom. The molecular weight excluding hydrogens is 529 g/mol. The largest absolute Gasteiger partial charge is 0.497 e. The van der Waals surface area contributed by atoms with Crippen LogP contribution in [0.5, 0.6) is 11.5 Å². The second kappa shape index (κ2) is 11.1. The topological polar surface area (TPSA) is 78.3 Å². The average Bonchev–Trinajstić information content (AvgIpc) is 3.32. The Morgan fingerprint density at radius 3 is 2.41 bits per heavy atom. The van der Waals surface area contributed by atoms with E-state index in [1.807, 2.05) is 24.3 Å². The van der Waals surface area contributed by atoms with Gasteiger partial charge in [-0.15, -0.1) is 10.2 Å². The SMILES string of the molecule is COc1ccc(-n2c(SCC(=O)Nc3cc(C(F)(F)F)ccc3Cl)nnc2-c2cccc(OC)c2)cc1. The van der Waals surface area contributed by atoms with E-state index < -0.39 is 17.6 Å². The lowest BCUT2D eigenvalue weighted by Crippen LogP contribution is -2.16. The Kier molecular flexibility index (Phi) is 7.94. The average molecular weight is 549 g/mol. The van der Waals surface area contributed by atoms with Gasteiger partial charge in [0.2, 0.25) is 5.91 Å². The molecule has 1 amide bonds. The second-order valence-corrected chi connectivity index (χ2v) is 8.95. The molecule has 1 N–H and O–H groups in total. The summed E-state index contributed by atoms with van der Waals surface area (Å²) in [7, 11) is 3.12. The maximum Gasteiger partial charge on any atom is 0.416 e. The number of carbonyl (C=O) groups is 1. The molecule has 192 valence electrons. The van der Waals surface area contributed by atoms with E-state index >= 15 is 0 Å². The summed E-state index contributed by atoms with van der Waals surface area (Å²) in [5.74, 6) is 1.09. The van der Waals surface area contributed by atoms with Gasteiger partial charge < -0.3 is 14.8 Å². The lowest BCUT2D eigenvalue weighted by molar-refractivity contribution is -0.137. The van der Waals surface area contributed by atoms with Crippen LogP contribution in [-0.4, -0.2) is 40.6 Å². The van der Waals surface area contributed by atoms with Gasteiger partial charge in [-0.05, 0) is 54.6 Å². The van der Waals surface area contributed by atoms with Crippen molar-refractivity contribution < 1.29 is 27.4 Å². The van der Waals surface area contributed by atoms with Crippen molar-refractivity contribution >= 4 is 35.0 Å². The van der Waals surface area contributed by atoms with E-state index in [2.05, 4.69) is 15.5 Å². The minimum absolute atomic E-state index is 0.00643. The molecule has 3 aromatic carbocycles. The Labute approximate surface area is 219 Å². The van der Waals surface area contributed by atoms with Crippen LogP contribution >= 0.6 is 23.4 Å². The Bertz CT molecular complexity index is 1410. The molecule has 0 fully saturated rings. The molecule has 12 heteroatoms. The van der Waals surface area contributed by atoms with Crippen LogP contribution in [0.15, 0.2) is 71.9 Å². The Hall–Kier alpha value is -3.70. The van der Waals surface area contributed by atoms with Crippen molar-refractivity contribution in [3.8, 4) is 28.6 Å². The maximum atomic E-state index is 13.1. The van der Waals surface area contributed by atoms with Gasteiger partial charge in [-0.25, -0.2) is 0 Å². The molecule has 0 aliphatic heterocycles. The first-order valence-corrected chi connectivity index (χ1v) is 12.1. The van der Waals surface area contributed by atoms with Crippen LogP contribution in [0.1, 0.15) is 5.56 Å². The van der Waals surface area contributed by atoms with Crippen LogP contribution in [0.3, 0.4) is 0 Å². The summed E-state index contributed by atoms with van der Waals surface area (Å²) in [6, 6.07) is 17.2. The molecule has 0 atom stereocenters. The highest BCUT2D eigenvalue weighted by atomic mass is 35.5. The smallest absolute Gasteiger partial charge is 0.416 e. The minimum Gasteiger partial charge on any atom is -0.497 e. The number of carbonyl (C=O) groups excluding carboxylic acids is 1. The van der Waals surface area contributed by atoms with Crippen molar-refractivity contribution in [2.75, 3.05) is 25.3 Å². The molecule has 0 bridgehead atoms. The second-order valence-electron chi connectivity index (χ2n) is 7.60. The van der Waals surface area contributed by atoms with Gasteiger partial charge in [-0.2, -0.15) is 13.2 Å². The van der Waals surface area contributed by atoms with E-state index in [9.17, 15) is 18.0 Å². The molecular formula is C25H20ClF3N4O3S. The maximum absolute atomic E-state index is 13.1. The number of nitrogens with zero attached hydrogens (tertiary/aromatic N) is 3. The quantitative estimate of drug-likeness (QED) is 0.258. The molecule has 4 aromatic rings. The van der Waals surface area contributed by atoms with E-state index in [0.717, 1.165) is 35.5 Å². The van der Waals surface area contributed by atoms with Crippen molar-refractivity contribution in [1.29, 1.82) is 0 Å². The van der Waals surface area contributed by atoms with Gasteiger partial charge in [0.05, 0.1) is 36.2 Å². The molecule has 0 aliphatic rings. The summed E-state index contributed by atoms with van der Waals surface area (Å²) in [4.78, 5) is 12.6. The number of methoxy groups -OCH3 is 2. The number of alkyl halides is 3. The van der Waals surface area contributed by atoms with Gasteiger partial charge in [0.15, 0.2) is 11.0 Å². The van der Waals surface area contributed by atoms with E-state index in [4.69, 9.17) is 21.1 Å². The van der Waals surface area contributed by atoms with Gasteiger partial charge in [0.1, 0.15) is 11.5 Å². The summed E-state index contributed by atoms with van der Waals surface area (Å²) in [5, 5.41) is 11.4. The predicted molar refractivity (Wildman–Crippen MR) is 136 cm³/mol. The summed E-state index contributed by atoms with van der Waals surface area (Å²) >= 11 is 7.07. The fraction of sp³-hybridized carbons (Fsp3) is 0.160. The number of ether oxygens (including phenoxy) is 2. The highest BCUT2D eigenvalue weighted by Gasteiger charge is 2.31. The number of anilines is 1. The summed E-state index contributed by atoms with van der Waals surface area (Å²) in [6.07, 6.45) is -4.57. The first-order valence-electron chi connectivity index (χ1n) is 10.7. The van der Waals surface area contributed by atoms with Gasteiger partial charge in [0.25, 0.3) is 0 Å². The lowest BCUT2D eigenvalue weighted by atomic mass is 10.2. The van der Waals surface area contributed by atoms with Crippen molar-refractivity contribution in [3.63, 3.8) is 0 Å². The molecule has 1 heterocycles. The number of thioether (sulfide) groups is 1. The van der Waals surface area contributed by atoms with E-state index in [0.29, 0.717) is 28.2 Å². The first-order chi connectivity index (χ1) is 17.7. The molecule has 0 unspecified atom stereocenters. The number of rotatable bonds is 8. The van der Waals surface area contributed by atoms with Crippen LogP contribution in [0, 0.1) is 0 Å². The van der Waals surface area contributed by atoms with Crippen LogP contribution in [0.25, 0.3) is 17.1 Å². The van der Waals surface area contributed by atoms with Crippen LogP contribution in [-0.2, 0) is 11.0 Å². The van der Waals surface area contributed by atoms with E-state index in [1.54, 1.807) is 43.1 Å². The summed E-state index contributed by atoms with van der Waals surface area (Å²) in [6.45, 7) is 0. The van der Waals surface area contributed by atoms with Crippen LogP contribution in [0.2, 0.25) is 5.02 Å². The predicted octanol–water partition coefficient (Wildman–Crippen LogP) is 6.35. The third-order valence-corrected chi connectivity index (χ3v) is 6.45. The summed E-state index contributed by atoms with van der Waals surface area (Å²) < 4.78 is 51.5. The lowest BCUT2D eigenvalue weighted by Gasteiger charge is -2.13. The monoisotopic (exact) mass is 548 g/mol. The van der Waals surface area contributed by atoms with E-state index in [1.165, 1.54) is 0 Å². The van der Waals surface area contributed by atoms with Gasteiger partial charge in [-0.3, -0.25) is 9.36 Å². The van der Waals surface area contributed by atoms with E-state index in [-0.39, 0.29) is 16.5 Å². The van der Waals surface area contributed by atoms with Crippen molar-refractivity contribution in [3.05, 3.63) is 77.3 Å². The number of nitrogens with one attached hydrogen (secondary N) is 1. The molecule has 0 radical (unpaired) electrons. The first kappa shape index (κ1) is 26.4. The molecule has 0 aliphatic carbocycles. The fourth-order valence-electron chi connectivity index (χ4n) is 3.39. The van der Waals surface area contributed by atoms with Crippen molar-refractivity contribution in [2.45, 2.75) is 11.3 Å². The third kappa shape index (κ3) is 6.17. The van der Waals surface area contributed by atoms with Crippen LogP contribution in [0.4, 0.5) is 18.9 Å². The van der Waals surface area contributed by atoms with Gasteiger partial charge >= 0.3 is 6.18 Å². The summed E-state index contributed by atoms with van der Waals surface area (Å²) in [5.41, 5.74) is 0.403. The minimum atomic E-state index is -4.57. The molecule has 37 heavy (non-hydrogen) atoms. The highest BCUT2D eigenvalue weighted by Crippen LogP contribution is 2.34. The zero-order valence-electron chi connectivity index (χ0n) is 19.5. The zero-order chi connectivity index (χ0) is 26.6. The Morgan fingerprint density at radius 2 is 1.73 bits per heavy atom. The number of aromatic nitrogens is 3. The number of halogens is 4. The van der Waals surface area contributed by atoms with Crippen molar-refractivity contribution in [2.24, 2.45) is 0 Å². The number of hydrogen-bond acceptors (Lipinski definition) is 6.